The van der Waals surface area contributed by atoms with Crippen LogP contribution in [0.3, 0.4) is 0 Å². The standard InChI is InChI=1S/C22H27ClN4O4/c1-3-26-8-10-27(11-9-26)16-6-4-15(5-7-16)25-21(28)14-31-22(29)17-12-18(23)19(24)13-20(17)30-2/h4-7,12-13H,3,8-11,14,24H2,1-2H3,(H,25,28). The number of nitrogen functional groups attached to an aromatic ring is 1. The summed E-state index contributed by atoms with van der Waals surface area (Å²) < 4.78 is 10.2. The van der Waals surface area contributed by atoms with Gasteiger partial charge in [0.2, 0.25) is 0 Å². The van der Waals surface area contributed by atoms with E-state index < -0.39 is 18.5 Å². The average Bonchev–Trinajstić information content (AvgIpc) is 2.79. The van der Waals surface area contributed by atoms with Gasteiger partial charge < -0.3 is 30.3 Å². The molecule has 0 unspecified atom stereocenters. The number of anilines is 3. The Morgan fingerprint density at radius 2 is 1.81 bits per heavy atom. The molecule has 1 amide bonds. The molecule has 1 heterocycles. The Kier molecular flexibility index (Phi) is 7.59. The number of carbonyl (C=O) groups is 2. The highest BCUT2D eigenvalue weighted by Gasteiger charge is 2.18. The molecule has 0 aromatic heterocycles. The van der Waals surface area contributed by atoms with Gasteiger partial charge in [-0.3, -0.25) is 4.79 Å². The van der Waals surface area contributed by atoms with Crippen molar-refractivity contribution in [2.24, 2.45) is 0 Å². The number of nitrogens with zero attached hydrogens (tertiary/aromatic N) is 2. The number of benzene rings is 2. The van der Waals surface area contributed by atoms with Crippen molar-refractivity contribution >= 4 is 40.5 Å². The molecule has 0 bridgehead atoms. The van der Waals surface area contributed by atoms with Gasteiger partial charge in [0.1, 0.15) is 11.3 Å². The number of hydrogen-bond donors (Lipinski definition) is 2. The van der Waals surface area contributed by atoms with E-state index in [0.29, 0.717) is 5.69 Å². The lowest BCUT2D eigenvalue weighted by atomic mass is 10.2. The number of methoxy groups -OCH3 is 1. The highest BCUT2D eigenvalue weighted by molar-refractivity contribution is 6.33. The number of nitrogens with two attached hydrogens (primary N) is 1. The van der Waals surface area contributed by atoms with Crippen LogP contribution in [0.2, 0.25) is 5.02 Å². The lowest BCUT2D eigenvalue weighted by Gasteiger charge is -2.35. The van der Waals surface area contributed by atoms with Crippen LogP contribution in [0.1, 0.15) is 17.3 Å². The fraction of sp³-hybridized carbons (Fsp3) is 0.364. The van der Waals surface area contributed by atoms with Gasteiger partial charge in [-0.15, -0.1) is 0 Å². The van der Waals surface area contributed by atoms with Crippen LogP contribution in [0.15, 0.2) is 36.4 Å². The Balaban J connectivity index is 1.52. The second-order valence-electron chi connectivity index (χ2n) is 7.17. The maximum Gasteiger partial charge on any atom is 0.342 e. The van der Waals surface area contributed by atoms with Crippen molar-refractivity contribution in [1.29, 1.82) is 0 Å². The number of rotatable bonds is 7. The van der Waals surface area contributed by atoms with Gasteiger partial charge in [-0.1, -0.05) is 18.5 Å². The minimum Gasteiger partial charge on any atom is -0.496 e. The summed E-state index contributed by atoms with van der Waals surface area (Å²) >= 11 is 5.97. The number of esters is 1. The summed E-state index contributed by atoms with van der Waals surface area (Å²) in [5, 5.41) is 2.93. The molecule has 31 heavy (non-hydrogen) atoms. The summed E-state index contributed by atoms with van der Waals surface area (Å²) in [6.45, 7) is 6.86. The largest absolute Gasteiger partial charge is 0.496 e. The average molecular weight is 447 g/mol. The Morgan fingerprint density at radius 3 is 2.42 bits per heavy atom. The van der Waals surface area contributed by atoms with E-state index in [4.69, 9.17) is 26.8 Å². The normalized spacial score (nSPS) is 14.2. The van der Waals surface area contributed by atoms with Crippen LogP contribution in [-0.4, -0.2) is 63.2 Å². The number of ether oxygens (including phenoxy) is 2. The van der Waals surface area contributed by atoms with Gasteiger partial charge in [0.15, 0.2) is 6.61 Å². The lowest BCUT2D eigenvalue weighted by Crippen LogP contribution is -2.46. The van der Waals surface area contributed by atoms with Crippen molar-refractivity contribution < 1.29 is 19.1 Å². The van der Waals surface area contributed by atoms with Crippen LogP contribution in [0, 0.1) is 0 Å². The van der Waals surface area contributed by atoms with E-state index in [2.05, 4.69) is 22.0 Å². The maximum atomic E-state index is 12.3. The predicted octanol–water partition coefficient (Wildman–Crippen LogP) is 2.87. The van der Waals surface area contributed by atoms with Gasteiger partial charge in [0.25, 0.3) is 5.91 Å². The second-order valence-corrected chi connectivity index (χ2v) is 7.57. The van der Waals surface area contributed by atoms with E-state index in [9.17, 15) is 9.59 Å². The summed E-state index contributed by atoms with van der Waals surface area (Å²) in [6, 6.07) is 10.4. The molecule has 3 rings (SSSR count). The van der Waals surface area contributed by atoms with Gasteiger partial charge >= 0.3 is 5.97 Å². The zero-order chi connectivity index (χ0) is 22.4. The Hall–Kier alpha value is -2.97. The molecular formula is C22H27ClN4O4. The molecular weight excluding hydrogens is 420 g/mol. The zero-order valence-corrected chi connectivity index (χ0v) is 18.4. The fourth-order valence-electron chi connectivity index (χ4n) is 3.38. The van der Waals surface area contributed by atoms with Crippen molar-refractivity contribution in [1.82, 2.24) is 4.90 Å². The lowest BCUT2D eigenvalue weighted by molar-refractivity contribution is -0.119. The smallest absolute Gasteiger partial charge is 0.342 e. The van der Waals surface area contributed by atoms with E-state index in [1.165, 1.54) is 19.2 Å². The number of hydrogen-bond acceptors (Lipinski definition) is 7. The molecule has 1 saturated heterocycles. The Morgan fingerprint density at radius 1 is 1.13 bits per heavy atom. The summed E-state index contributed by atoms with van der Waals surface area (Å²) in [4.78, 5) is 29.3. The van der Waals surface area contributed by atoms with E-state index in [-0.39, 0.29) is 22.0 Å². The number of halogens is 1. The molecule has 0 aliphatic carbocycles. The van der Waals surface area contributed by atoms with Crippen molar-refractivity contribution in [3.63, 3.8) is 0 Å². The highest BCUT2D eigenvalue weighted by Crippen LogP contribution is 2.29. The molecule has 1 aliphatic heterocycles. The van der Waals surface area contributed by atoms with Gasteiger partial charge in [0, 0.05) is 43.6 Å². The SMILES string of the molecule is CCN1CCN(c2ccc(NC(=O)COC(=O)c3cc(Cl)c(N)cc3OC)cc2)CC1. The molecule has 1 aliphatic rings. The monoisotopic (exact) mass is 446 g/mol. The van der Waals surface area contributed by atoms with Crippen molar-refractivity contribution in [2.45, 2.75) is 6.92 Å². The van der Waals surface area contributed by atoms with Crippen LogP contribution in [0.4, 0.5) is 17.1 Å². The predicted molar refractivity (Wildman–Crippen MR) is 122 cm³/mol. The van der Waals surface area contributed by atoms with Crippen LogP contribution in [-0.2, 0) is 9.53 Å². The fourth-order valence-corrected chi connectivity index (χ4v) is 3.54. The molecule has 1 fully saturated rings. The van der Waals surface area contributed by atoms with E-state index in [1.807, 2.05) is 24.3 Å². The first-order valence-electron chi connectivity index (χ1n) is 10.1. The molecule has 0 radical (unpaired) electrons. The van der Waals surface area contributed by atoms with Crippen LogP contribution in [0.25, 0.3) is 0 Å². The second kappa shape index (κ2) is 10.4. The molecule has 8 nitrogen and oxygen atoms in total. The summed E-state index contributed by atoms with van der Waals surface area (Å²) in [7, 11) is 1.40. The molecule has 3 N–H and O–H groups in total. The van der Waals surface area contributed by atoms with E-state index >= 15 is 0 Å². The number of piperazine rings is 1. The van der Waals surface area contributed by atoms with Gasteiger partial charge in [-0.25, -0.2) is 4.79 Å². The molecule has 2 aromatic rings. The first kappa shape index (κ1) is 22.7. The highest BCUT2D eigenvalue weighted by atomic mass is 35.5. The third kappa shape index (κ3) is 5.80. The van der Waals surface area contributed by atoms with Crippen LogP contribution < -0.4 is 20.7 Å². The van der Waals surface area contributed by atoms with Crippen LogP contribution in [0.5, 0.6) is 5.75 Å². The first-order chi connectivity index (χ1) is 14.9. The topological polar surface area (TPSA) is 97.1 Å². The van der Waals surface area contributed by atoms with E-state index in [0.717, 1.165) is 38.4 Å². The summed E-state index contributed by atoms with van der Waals surface area (Å²) in [5.41, 5.74) is 7.84. The summed E-state index contributed by atoms with van der Waals surface area (Å²) in [6.07, 6.45) is 0. The quantitative estimate of drug-likeness (QED) is 0.498. The Bertz CT molecular complexity index is 928. The number of carbonyl (C=O) groups excluding carboxylic acids is 2. The molecule has 0 atom stereocenters. The van der Waals surface area contributed by atoms with Gasteiger partial charge in [-0.2, -0.15) is 0 Å². The molecule has 9 heteroatoms. The molecule has 0 spiro atoms. The third-order valence-electron chi connectivity index (χ3n) is 5.21. The number of likely N-dealkylation sites (N-methyl/N-ethyl adjacent to an activating group) is 1. The van der Waals surface area contributed by atoms with E-state index in [1.54, 1.807) is 0 Å². The maximum absolute atomic E-state index is 12.3. The molecule has 2 aromatic carbocycles. The van der Waals surface area contributed by atoms with Gasteiger partial charge in [0.05, 0.1) is 17.8 Å². The third-order valence-corrected chi connectivity index (χ3v) is 5.54. The van der Waals surface area contributed by atoms with Crippen molar-refractivity contribution in [3.8, 4) is 5.75 Å². The zero-order valence-electron chi connectivity index (χ0n) is 17.7. The minimum absolute atomic E-state index is 0.0991. The molecule has 166 valence electrons. The Labute approximate surface area is 186 Å². The van der Waals surface area contributed by atoms with Crippen molar-refractivity contribution in [3.05, 3.63) is 47.0 Å². The van der Waals surface area contributed by atoms with Crippen molar-refractivity contribution in [2.75, 3.05) is 62.4 Å². The van der Waals surface area contributed by atoms with Gasteiger partial charge in [-0.05, 0) is 36.9 Å². The first-order valence-corrected chi connectivity index (χ1v) is 10.5. The minimum atomic E-state index is -0.726. The number of nitrogens with one attached hydrogen (secondary N) is 1. The molecule has 0 saturated carbocycles. The number of amides is 1. The van der Waals surface area contributed by atoms with Crippen LogP contribution >= 0.6 is 11.6 Å². The summed E-state index contributed by atoms with van der Waals surface area (Å²) in [5.74, 6) is -0.948.